The summed E-state index contributed by atoms with van der Waals surface area (Å²) in [5, 5.41) is 0.0701. The van der Waals surface area contributed by atoms with Gasteiger partial charge in [0.05, 0.1) is 19.5 Å². The molecule has 2 heterocycles. The number of aromatic nitrogens is 4. The van der Waals surface area contributed by atoms with E-state index in [-0.39, 0.29) is 36.3 Å². The van der Waals surface area contributed by atoms with Crippen LogP contribution in [0, 0.1) is 0 Å². The van der Waals surface area contributed by atoms with Crippen molar-refractivity contribution in [2.24, 2.45) is 0 Å². The van der Waals surface area contributed by atoms with Crippen molar-refractivity contribution in [1.29, 1.82) is 0 Å². The zero-order valence-electron chi connectivity index (χ0n) is 11.1. The molecule has 0 radical (unpaired) electrons. The standard InChI is InChI=1S/C10H12ClFN5O4P/c11-8-7-9(16-10(13)15-8)17(5-14-7)4-6(12)2-1-3-21-22(18,19)20/h2,5H,1,3-4H2,(H2,13,15,16)(H2,18,19,20)/b6-2+. The summed E-state index contributed by atoms with van der Waals surface area (Å²) in [5.41, 5.74) is 6.06. The Hall–Kier alpha value is -1.58. The van der Waals surface area contributed by atoms with Gasteiger partial charge in [0.25, 0.3) is 0 Å². The average Bonchev–Trinajstić information content (AvgIpc) is 2.77. The van der Waals surface area contributed by atoms with Crippen LogP contribution in [0.4, 0.5) is 10.3 Å². The molecule has 2 aromatic rings. The number of phosphoric acid groups is 1. The van der Waals surface area contributed by atoms with Gasteiger partial charge in [0.1, 0.15) is 11.3 Å². The highest BCUT2D eigenvalue weighted by molar-refractivity contribution is 7.46. The highest BCUT2D eigenvalue weighted by Crippen LogP contribution is 2.35. The number of nitrogens with zero attached hydrogens (tertiary/aromatic N) is 4. The van der Waals surface area contributed by atoms with E-state index in [1.54, 1.807) is 0 Å². The molecule has 0 saturated heterocycles. The maximum Gasteiger partial charge on any atom is 0.469 e. The maximum absolute atomic E-state index is 13.8. The fourth-order valence-corrected chi connectivity index (χ4v) is 2.22. The van der Waals surface area contributed by atoms with Crippen molar-refractivity contribution in [1.82, 2.24) is 19.5 Å². The number of phosphoric ester groups is 1. The molecule has 0 aliphatic heterocycles. The quantitative estimate of drug-likeness (QED) is 0.403. The van der Waals surface area contributed by atoms with E-state index in [9.17, 15) is 8.96 Å². The first-order chi connectivity index (χ1) is 10.3. The van der Waals surface area contributed by atoms with Crippen LogP contribution >= 0.6 is 19.4 Å². The molecule has 12 heteroatoms. The average molecular weight is 352 g/mol. The van der Waals surface area contributed by atoms with Crippen molar-refractivity contribution in [2.75, 3.05) is 12.3 Å². The highest BCUT2D eigenvalue weighted by atomic mass is 35.5. The highest BCUT2D eigenvalue weighted by Gasteiger charge is 2.13. The lowest BCUT2D eigenvalue weighted by Gasteiger charge is -2.04. The molecule has 0 fully saturated rings. The van der Waals surface area contributed by atoms with Crippen molar-refractivity contribution in [3.05, 3.63) is 23.4 Å². The Morgan fingerprint density at radius 1 is 1.55 bits per heavy atom. The van der Waals surface area contributed by atoms with Crippen LogP contribution in [0.25, 0.3) is 11.2 Å². The number of halogens is 2. The number of hydrogen-bond donors (Lipinski definition) is 3. The van der Waals surface area contributed by atoms with Crippen molar-refractivity contribution in [3.63, 3.8) is 0 Å². The molecule has 9 nitrogen and oxygen atoms in total. The molecule has 0 atom stereocenters. The van der Waals surface area contributed by atoms with Gasteiger partial charge in [-0.3, -0.25) is 4.52 Å². The molecule has 0 bridgehead atoms. The topological polar surface area (TPSA) is 136 Å². The SMILES string of the molecule is Nc1nc(Cl)c2ncn(C/C(F)=C\CCOP(=O)(O)O)c2n1. The van der Waals surface area contributed by atoms with Gasteiger partial charge in [-0.2, -0.15) is 9.97 Å². The van der Waals surface area contributed by atoms with Crippen LogP contribution < -0.4 is 5.73 Å². The second-order valence-electron chi connectivity index (χ2n) is 4.18. The Labute approximate surface area is 128 Å². The first-order valence-electron chi connectivity index (χ1n) is 5.95. The molecule has 0 aromatic carbocycles. The van der Waals surface area contributed by atoms with Gasteiger partial charge in [-0.05, 0) is 12.5 Å². The summed E-state index contributed by atoms with van der Waals surface area (Å²) in [4.78, 5) is 28.6. The molecule has 0 unspecified atom stereocenters. The predicted molar refractivity (Wildman–Crippen MR) is 76.5 cm³/mol. The summed E-state index contributed by atoms with van der Waals surface area (Å²) < 4.78 is 29.8. The zero-order valence-corrected chi connectivity index (χ0v) is 12.7. The third kappa shape index (κ3) is 4.46. The van der Waals surface area contributed by atoms with E-state index >= 15 is 0 Å². The Kier molecular flexibility index (Phi) is 5.09. The van der Waals surface area contributed by atoms with Crippen LogP contribution in [0.2, 0.25) is 5.15 Å². The minimum absolute atomic E-state index is 0.00144. The molecular weight excluding hydrogens is 340 g/mol. The van der Waals surface area contributed by atoms with E-state index in [4.69, 9.17) is 27.1 Å². The number of rotatable bonds is 6. The van der Waals surface area contributed by atoms with Crippen LogP contribution in [0.1, 0.15) is 6.42 Å². The molecular formula is C10H12ClFN5O4P. The lowest BCUT2D eigenvalue weighted by Crippen LogP contribution is -2.02. The Morgan fingerprint density at radius 2 is 2.27 bits per heavy atom. The summed E-state index contributed by atoms with van der Waals surface area (Å²) in [7, 11) is -4.54. The van der Waals surface area contributed by atoms with Crippen LogP contribution in [0.3, 0.4) is 0 Å². The van der Waals surface area contributed by atoms with E-state index in [1.807, 2.05) is 0 Å². The van der Waals surface area contributed by atoms with Gasteiger partial charge >= 0.3 is 7.82 Å². The molecule has 2 rings (SSSR count). The van der Waals surface area contributed by atoms with Crippen LogP contribution in [0.15, 0.2) is 18.2 Å². The number of allylic oxidation sites excluding steroid dienone is 1. The minimum atomic E-state index is -4.54. The third-order valence-electron chi connectivity index (χ3n) is 2.50. The van der Waals surface area contributed by atoms with E-state index in [2.05, 4.69) is 19.5 Å². The fraction of sp³-hybridized carbons (Fsp3) is 0.300. The lowest BCUT2D eigenvalue weighted by atomic mass is 10.3. The first-order valence-corrected chi connectivity index (χ1v) is 7.85. The van der Waals surface area contributed by atoms with Gasteiger partial charge < -0.3 is 20.1 Å². The Bertz CT molecular complexity index is 761. The number of nitrogens with two attached hydrogens (primary N) is 1. The van der Waals surface area contributed by atoms with Crippen LogP contribution in [-0.2, 0) is 15.6 Å². The summed E-state index contributed by atoms with van der Waals surface area (Å²) in [6.07, 6.45) is 2.49. The molecule has 0 aliphatic carbocycles. The number of nitrogen functional groups attached to an aromatic ring is 1. The molecule has 2 aromatic heterocycles. The smallest absolute Gasteiger partial charge is 0.368 e. The minimum Gasteiger partial charge on any atom is -0.368 e. The van der Waals surface area contributed by atoms with Crippen LogP contribution in [-0.4, -0.2) is 35.9 Å². The molecule has 0 spiro atoms. The first kappa shape index (κ1) is 16.8. The van der Waals surface area contributed by atoms with E-state index < -0.39 is 13.6 Å². The number of fused-ring (bicyclic) bond motifs is 1. The summed E-state index contributed by atoms with van der Waals surface area (Å²) in [6.45, 7) is -0.484. The Balaban J connectivity index is 2.06. The molecule has 0 saturated carbocycles. The third-order valence-corrected chi connectivity index (χ3v) is 3.29. The van der Waals surface area contributed by atoms with E-state index in [1.165, 1.54) is 10.9 Å². The van der Waals surface area contributed by atoms with Crippen molar-refractivity contribution < 1.29 is 23.3 Å². The van der Waals surface area contributed by atoms with Gasteiger partial charge in [0.2, 0.25) is 5.95 Å². The maximum atomic E-state index is 13.8. The van der Waals surface area contributed by atoms with Crippen molar-refractivity contribution >= 4 is 36.5 Å². The van der Waals surface area contributed by atoms with Gasteiger partial charge in [0, 0.05) is 0 Å². The Morgan fingerprint density at radius 3 is 2.95 bits per heavy atom. The van der Waals surface area contributed by atoms with Crippen molar-refractivity contribution in [3.8, 4) is 0 Å². The second kappa shape index (κ2) is 6.67. The normalized spacial score (nSPS) is 13.0. The fourth-order valence-electron chi connectivity index (χ4n) is 1.66. The largest absolute Gasteiger partial charge is 0.469 e. The van der Waals surface area contributed by atoms with Gasteiger partial charge in [0.15, 0.2) is 10.8 Å². The summed E-state index contributed by atoms with van der Waals surface area (Å²) in [6, 6.07) is 0. The molecule has 0 amide bonds. The van der Waals surface area contributed by atoms with Crippen molar-refractivity contribution in [2.45, 2.75) is 13.0 Å². The molecule has 4 N–H and O–H groups in total. The van der Waals surface area contributed by atoms with Crippen LogP contribution in [0.5, 0.6) is 0 Å². The number of imidazole rings is 1. The molecule has 22 heavy (non-hydrogen) atoms. The zero-order chi connectivity index (χ0) is 16.3. The number of hydrogen-bond acceptors (Lipinski definition) is 6. The summed E-state index contributed by atoms with van der Waals surface area (Å²) in [5.74, 6) is -0.611. The monoisotopic (exact) mass is 351 g/mol. The molecule has 0 aliphatic rings. The predicted octanol–water partition coefficient (Wildman–Crippen LogP) is 1.41. The molecule has 120 valence electrons. The number of anilines is 1. The van der Waals surface area contributed by atoms with Gasteiger partial charge in [-0.25, -0.2) is 13.9 Å². The van der Waals surface area contributed by atoms with Gasteiger partial charge in [-0.1, -0.05) is 11.6 Å². The van der Waals surface area contributed by atoms with E-state index in [0.29, 0.717) is 5.52 Å². The van der Waals surface area contributed by atoms with E-state index in [0.717, 1.165) is 6.08 Å². The summed E-state index contributed by atoms with van der Waals surface area (Å²) >= 11 is 5.85. The van der Waals surface area contributed by atoms with Gasteiger partial charge in [-0.15, -0.1) is 0 Å². The second-order valence-corrected chi connectivity index (χ2v) is 5.78. The lowest BCUT2D eigenvalue weighted by molar-refractivity contribution is 0.200.